The molecule has 154 valence electrons. The monoisotopic (exact) mass is 416 g/mol. The lowest BCUT2D eigenvalue weighted by Crippen LogP contribution is -2.42. The first kappa shape index (κ1) is 21.2. The number of nitrogens with one attached hydrogen (secondary N) is 1. The highest BCUT2D eigenvalue weighted by Gasteiger charge is 2.30. The second-order valence-electron chi connectivity index (χ2n) is 7.21. The van der Waals surface area contributed by atoms with Crippen LogP contribution < -0.4 is 5.32 Å². The lowest BCUT2D eigenvalue weighted by molar-refractivity contribution is -0.126. The largest absolute Gasteiger partial charge is 0.349 e. The molecule has 0 spiro atoms. The highest BCUT2D eigenvalue weighted by molar-refractivity contribution is 7.92. The lowest BCUT2D eigenvalue weighted by atomic mass is 9.96. The first-order chi connectivity index (χ1) is 13.8. The summed E-state index contributed by atoms with van der Waals surface area (Å²) >= 11 is 0. The van der Waals surface area contributed by atoms with E-state index in [1.54, 1.807) is 18.2 Å². The average molecular weight is 417 g/mol. The molecule has 2 aromatic rings. The standard InChI is InChI=1S/C22H25FN2O3S/c1-17(19-7-9-21(23)10-8-19)24-22(26)20-11-14-25(15-12-20)29(27,28)16-13-18-5-3-2-4-6-18/h2-10,13,16-17,20H,11-12,14-15H2,1H3,(H,24,26)/b16-13+/t17-/m0/s1. The first-order valence-corrected chi connectivity index (χ1v) is 11.1. The molecule has 1 amide bonds. The third kappa shape index (κ3) is 5.74. The van der Waals surface area contributed by atoms with Crippen molar-refractivity contribution < 1.29 is 17.6 Å². The van der Waals surface area contributed by atoms with Gasteiger partial charge in [0.15, 0.2) is 0 Å². The topological polar surface area (TPSA) is 66.5 Å². The Morgan fingerprint density at radius 2 is 1.72 bits per heavy atom. The van der Waals surface area contributed by atoms with E-state index in [1.165, 1.54) is 21.8 Å². The summed E-state index contributed by atoms with van der Waals surface area (Å²) < 4.78 is 39.5. The molecular formula is C22H25FN2O3S. The van der Waals surface area contributed by atoms with Crippen molar-refractivity contribution in [2.24, 2.45) is 5.92 Å². The van der Waals surface area contributed by atoms with Crippen molar-refractivity contribution in [1.29, 1.82) is 0 Å². The normalized spacial score (nSPS) is 17.3. The van der Waals surface area contributed by atoms with Crippen LogP contribution in [-0.4, -0.2) is 31.7 Å². The van der Waals surface area contributed by atoms with E-state index < -0.39 is 10.0 Å². The van der Waals surface area contributed by atoms with Crippen LogP contribution in [0.25, 0.3) is 6.08 Å². The minimum atomic E-state index is -3.52. The zero-order valence-electron chi connectivity index (χ0n) is 16.3. The van der Waals surface area contributed by atoms with Gasteiger partial charge in [0, 0.05) is 24.4 Å². The summed E-state index contributed by atoms with van der Waals surface area (Å²) in [5.74, 6) is -0.650. The molecule has 7 heteroatoms. The van der Waals surface area contributed by atoms with Gasteiger partial charge >= 0.3 is 0 Å². The van der Waals surface area contributed by atoms with Gasteiger partial charge in [-0.2, -0.15) is 4.31 Å². The van der Waals surface area contributed by atoms with E-state index in [0.29, 0.717) is 25.9 Å². The van der Waals surface area contributed by atoms with E-state index >= 15 is 0 Å². The van der Waals surface area contributed by atoms with Crippen LogP contribution in [-0.2, 0) is 14.8 Å². The predicted octanol–water partition coefficient (Wildman–Crippen LogP) is 3.72. The molecular weight excluding hydrogens is 391 g/mol. The molecule has 1 atom stereocenters. The Morgan fingerprint density at radius 1 is 1.10 bits per heavy atom. The number of amides is 1. The average Bonchev–Trinajstić information content (AvgIpc) is 2.73. The van der Waals surface area contributed by atoms with E-state index in [4.69, 9.17) is 0 Å². The van der Waals surface area contributed by atoms with Gasteiger partial charge in [0.25, 0.3) is 0 Å². The van der Waals surface area contributed by atoms with Gasteiger partial charge in [0.2, 0.25) is 15.9 Å². The summed E-state index contributed by atoms with van der Waals surface area (Å²) in [6.45, 7) is 2.47. The number of halogens is 1. The number of hydrogen-bond acceptors (Lipinski definition) is 3. The number of rotatable bonds is 6. The molecule has 1 N–H and O–H groups in total. The summed E-state index contributed by atoms with van der Waals surface area (Å²) in [6, 6.07) is 15.0. The zero-order chi connectivity index (χ0) is 20.9. The Morgan fingerprint density at radius 3 is 2.34 bits per heavy atom. The van der Waals surface area contributed by atoms with E-state index in [2.05, 4.69) is 5.32 Å². The van der Waals surface area contributed by atoms with Gasteiger partial charge in [-0.3, -0.25) is 4.79 Å². The Labute approximate surface area is 171 Å². The molecule has 1 aliphatic rings. The minimum absolute atomic E-state index is 0.0984. The molecule has 3 rings (SSSR count). The van der Waals surface area contributed by atoms with Gasteiger partial charge in [0.05, 0.1) is 6.04 Å². The molecule has 0 aliphatic carbocycles. The highest BCUT2D eigenvalue weighted by Crippen LogP contribution is 2.22. The molecule has 1 heterocycles. The number of carbonyl (C=O) groups is 1. The number of benzene rings is 2. The van der Waals surface area contributed by atoms with Crippen molar-refractivity contribution in [2.45, 2.75) is 25.8 Å². The second kappa shape index (κ2) is 9.33. The van der Waals surface area contributed by atoms with Crippen molar-refractivity contribution in [3.05, 3.63) is 76.9 Å². The third-order valence-electron chi connectivity index (χ3n) is 5.15. The SMILES string of the molecule is C[C@H](NC(=O)C1CCN(S(=O)(=O)/C=C/c2ccccc2)CC1)c1ccc(F)cc1. The van der Waals surface area contributed by atoms with Crippen LogP contribution in [0.3, 0.4) is 0 Å². The second-order valence-corrected chi connectivity index (χ2v) is 9.03. The Hall–Kier alpha value is -2.51. The van der Waals surface area contributed by atoms with Crippen molar-refractivity contribution >= 4 is 22.0 Å². The van der Waals surface area contributed by atoms with E-state index in [1.807, 2.05) is 37.3 Å². The molecule has 1 saturated heterocycles. The van der Waals surface area contributed by atoms with Crippen LogP contribution >= 0.6 is 0 Å². The quantitative estimate of drug-likeness (QED) is 0.781. The molecule has 1 fully saturated rings. The molecule has 5 nitrogen and oxygen atoms in total. The summed E-state index contributed by atoms with van der Waals surface area (Å²) in [5.41, 5.74) is 1.64. The summed E-state index contributed by atoms with van der Waals surface area (Å²) in [4.78, 5) is 12.5. The molecule has 0 unspecified atom stereocenters. The highest BCUT2D eigenvalue weighted by atomic mass is 32.2. The van der Waals surface area contributed by atoms with Gasteiger partial charge in [-0.05, 0) is 49.1 Å². The zero-order valence-corrected chi connectivity index (χ0v) is 17.1. The molecule has 0 radical (unpaired) electrons. The fourth-order valence-corrected chi connectivity index (χ4v) is 4.57. The molecule has 29 heavy (non-hydrogen) atoms. The Balaban J connectivity index is 1.53. The van der Waals surface area contributed by atoms with Gasteiger partial charge in [-0.1, -0.05) is 42.5 Å². The maximum atomic E-state index is 13.0. The van der Waals surface area contributed by atoms with Crippen molar-refractivity contribution in [2.75, 3.05) is 13.1 Å². The minimum Gasteiger partial charge on any atom is -0.349 e. The van der Waals surface area contributed by atoms with Gasteiger partial charge in [-0.25, -0.2) is 12.8 Å². The van der Waals surface area contributed by atoms with Crippen LogP contribution in [0.1, 0.15) is 36.9 Å². The van der Waals surface area contributed by atoms with E-state index in [0.717, 1.165) is 11.1 Å². The number of sulfonamides is 1. The fourth-order valence-electron chi connectivity index (χ4n) is 3.35. The number of nitrogens with zero attached hydrogens (tertiary/aromatic N) is 1. The van der Waals surface area contributed by atoms with Crippen LogP contribution in [0.4, 0.5) is 4.39 Å². The van der Waals surface area contributed by atoms with Gasteiger partial charge < -0.3 is 5.32 Å². The Bertz CT molecular complexity index is 951. The molecule has 1 aliphatic heterocycles. The van der Waals surface area contributed by atoms with Crippen LogP contribution in [0.2, 0.25) is 0 Å². The summed E-state index contributed by atoms with van der Waals surface area (Å²) in [6.07, 6.45) is 2.53. The Kier molecular flexibility index (Phi) is 6.82. The smallest absolute Gasteiger partial charge is 0.236 e. The fraction of sp³-hybridized carbons (Fsp3) is 0.318. The lowest BCUT2D eigenvalue weighted by Gasteiger charge is -2.30. The molecule has 0 bridgehead atoms. The number of carbonyl (C=O) groups excluding carboxylic acids is 1. The molecule has 0 saturated carbocycles. The number of piperidine rings is 1. The van der Waals surface area contributed by atoms with E-state index in [-0.39, 0.29) is 23.7 Å². The van der Waals surface area contributed by atoms with Gasteiger partial charge in [-0.15, -0.1) is 0 Å². The van der Waals surface area contributed by atoms with Crippen molar-refractivity contribution in [3.63, 3.8) is 0 Å². The van der Waals surface area contributed by atoms with Crippen LogP contribution in [0.15, 0.2) is 60.0 Å². The van der Waals surface area contributed by atoms with Crippen molar-refractivity contribution in [3.8, 4) is 0 Å². The van der Waals surface area contributed by atoms with Crippen LogP contribution in [0, 0.1) is 11.7 Å². The van der Waals surface area contributed by atoms with Gasteiger partial charge in [0.1, 0.15) is 5.82 Å². The number of hydrogen-bond donors (Lipinski definition) is 1. The maximum Gasteiger partial charge on any atom is 0.236 e. The van der Waals surface area contributed by atoms with Crippen LogP contribution in [0.5, 0.6) is 0 Å². The molecule has 0 aromatic heterocycles. The van der Waals surface area contributed by atoms with E-state index in [9.17, 15) is 17.6 Å². The summed E-state index contributed by atoms with van der Waals surface area (Å²) in [5, 5.41) is 4.16. The predicted molar refractivity (Wildman–Crippen MR) is 112 cm³/mol. The molecule has 2 aromatic carbocycles. The first-order valence-electron chi connectivity index (χ1n) is 9.64. The maximum absolute atomic E-state index is 13.0. The summed E-state index contributed by atoms with van der Waals surface area (Å²) in [7, 11) is -3.52. The third-order valence-corrected chi connectivity index (χ3v) is 6.71. The van der Waals surface area contributed by atoms with Crippen molar-refractivity contribution in [1.82, 2.24) is 9.62 Å².